The number of nitrogens with one attached hydrogen (secondary N) is 1. The van der Waals surface area contributed by atoms with Crippen LogP contribution in [-0.4, -0.2) is 36.7 Å². The van der Waals surface area contributed by atoms with Gasteiger partial charge in [-0.25, -0.2) is 4.98 Å². The molecule has 0 aliphatic carbocycles. The highest BCUT2D eigenvalue weighted by molar-refractivity contribution is 6.29. The van der Waals surface area contributed by atoms with Gasteiger partial charge in [-0.15, -0.1) is 0 Å². The second kappa shape index (κ2) is 3.85. The molecule has 0 aromatic carbocycles. The van der Waals surface area contributed by atoms with E-state index in [1.807, 2.05) is 4.90 Å². The van der Waals surface area contributed by atoms with E-state index in [4.69, 9.17) is 16.3 Å². The topological polar surface area (TPSA) is 54.5 Å². The molecule has 0 radical (unpaired) electrons. The summed E-state index contributed by atoms with van der Waals surface area (Å²) >= 11 is 5.89. The summed E-state index contributed by atoms with van der Waals surface area (Å²) in [6, 6.07) is 3.25. The Morgan fingerprint density at radius 1 is 1.59 bits per heavy atom. The van der Waals surface area contributed by atoms with Gasteiger partial charge >= 0.3 is 0 Å². The summed E-state index contributed by atoms with van der Waals surface area (Å²) in [5.74, 6) is 0.739. The number of fused-ring (bicyclic) bond motifs is 3. The molecule has 1 aromatic rings. The van der Waals surface area contributed by atoms with Crippen LogP contribution in [0.25, 0.3) is 0 Å². The van der Waals surface area contributed by atoms with Crippen LogP contribution in [0.5, 0.6) is 0 Å². The zero-order chi connectivity index (χ0) is 12.0. The van der Waals surface area contributed by atoms with E-state index < -0.39 is 0 Å². The summed E-state index contributed by atoms with van der Waals surface area (Å²) in [5.41, 5.74) is 0.715. The number of carbonyl (C=O) groups excluding carboxylic acids is 1. The van der Waals surface area contributed by atoms with Crippen LogP contribution in [-0.2, 0) is 9.53 Å². The Kier molecular flexibility index (Phi) is 2.45. The van der Waals surface area contributed by atoms with E-state index in [1.165, 1.54) is 0 Å². The summed E-state index contributed by atoms with van der Waals surface area (Å²) in [5, 5.41) is 3.28. The molecule has 2 aliphatic rings. The molecule has 0 saturated carbocycles. The molecule has 3 heterocycles. The normalized spacial score (nSPS) is 26.5. The Balaban J connectivity index is 2.03. The Morgan fingerprint density at radius 2 is 2.41 bits per heavy atom. The minimum Gasteiger partial charge on any atom is -0.380 e. The molecule has 2 atom stereocenters. The van der Waals surface area contributed by atoms with Crippen LogP contribution in [0.1, 0.15) is 6.42 Å². The number of hydrogen-bond donors (Lipinski definition) is 1. The van der Waals surface area contributed by atoms with E-state index in [-0.39, 0.29) is 18.1 Å². The number of anilines is 2. The van der Waals surface area contributed by atoms with Gasteiger partial charge in [0, 0.05) is 20.1 Å². The molecule has 0 spiro atoms. The fourth-order valence-corrected chi connectivity index (χ4v) is 2.55. The van der Waals surface area contributed by atoms with Crippen molar-refractivity contribution in [1.29, 1.82) is 0 Å². The summed E-state index contributed by atoms with van der Waals surface area (Å²) in [6.07, 6.45) is 0.758. The fourth-order valence-electron chi connectivity index (χ4n) is 2.41. The van der Waals surface area contributed by atoms with Crippen LogP contribution in [0.15, 0.2) is 12.1 Å². The van der Waals surface area contributed by atoms with Crippen molar-refractivity contribution >= 4 is 29.0 Å². The molecule has 6 heteroatoms. The number of ether oxygens (including phenoxy) is 1. The van der Waals surface area contributed by atoms with Crippen LogP contribution in [0.4, 0.5) is 11.5 Å². The highest BCUT2D eigenvalue weighted by Crippen LogP contribution is 2.36. The van der Waals surface area contributed by atoms with Crippen molar-refractivity contribution in [2.75, 3.05) is 23.9 Å². The lowest BCUT2D eigenvalue weighted by Crippen LogP contribution is -2.44. The number of pyridine rings is 1. The predicted octanol–water partition coefficient (Wildman–Crippen LogP) is 1.28. The van der Waals surface area contributed by atoms with E-state index in [9.17, 15) is 4.79 Å². The Hall–Kier alpha value is -1.33. The third kappa shape index (κ3) is 1.66. The van der Waals surface area contributed by atoms with E-state index >= 15 is 0 Å². The first-order chi connectivity index (χ1) is 8.19. The maximum Gasteiger partial charge on any atom is 0.247 e. The summed E-state index contributed by atoms with van der Waals surface area (Å²) < 4.78 is 5.31. The molecule has 1 saturated heterocycles. The van der Waals surface area contributed by atoms with Gasteiger partial charge in [0.25, 0.3) is 0 Å². The molecule has 17 heavy (non-hydrogen) atoms. The lowest BCUT2D eigenvalue weighted by molar-refractivity contribution is -0.117. The molecule has 90 valence electrons. The molecule has 1 N–H and O–H groups in total. The van der Waals surface area contributed by atoms with E-state index in [0.29, 0.717) is 23.8 Å². The third-order valence-electron chi connectivity index (χ3n) is 3.27. The Labute approximate surface area is 104 Å². The van der Waals surface area contributed by atoms with Gasteiger partial charge in [-0.05, 0) is 12.1 Å². The first-order valence-corrected chi connectivity index (χ1v) is 5.83. The number of halogens is 1. The van der Waals surface area contributed by atoms with Gasteiger partial charge in [0.15, 0.2) is 5.82 Å². The average molecular weight is 254 g/mol. The number of methoxy groups -OCH3 is 1. The van der Waals surface area contributed by atoms with Crippen molar-refractivity contribution in [3.8, 4) is 0 Å². The summed E-state index contributed by atoms with van der Waals surface area (Å²) in [7, 11) is 1.66. The van der Waals surface area contributed by atoms with Crippen LogP contribution in [0, 0.1) is 0 Å². The van der Waals surface area contributed by atoms with E-state index in [2.05, 4.69) is 10.3 Å². The number of carbonyl (C=O) groups is 1. The van der Waals surface area contributed by atoms with Gasteiger partial charge in [-0.2, -0.15) is 0 Å². The second-order valence-corrected chi connectivity index (χ2v) is 4.64. The quantitative estimate of drug-likeness (QED) is 0.766. The molecule has 2 unspecified atom stereocenters. The third-order valence-corrected chi connectivity index (χ3v) is 3.48. The smallest absolute Gasteiger partial charge is 0.247 e. The second-order valence-electron chi connectivity index (χ2n) is 4.26. The van der Waals surface area contributed by atoms with Crippen LogP contribution in [0.2, 0.25) is 5.15 Å². The monoisotopic (exact) mass is 253 g/mol. The van der Waals surface area contributed by atoms with Crippen molar-refractivity contribution in [2.45, 2.75) is 18.6 Å². The lowest BCUT2D eigenvalue weighted by Gasteiger charge is -2.31. The first-order valence-electron chi connectivity index (χ1n) is 5.46. The highest BCUT2D eigenvalue weighted by atomic mass is 35.5. The van der Waals surface area contributed by atoms with Gasteiger partial charge < -0.3 is 15.0 Å². The number of nitrogens with zero attached hydrogens (tertiary/aromatic N) is 2. The average Bonchev–Trinajstić information content (AvgIpc) is 2.75. The minimum atomic E-state index is -0.196. The highest BCUT2D eigenvalue weighted by Gasteiger charge is 2.41. The van der Waals surface area contributed by atoms with Crippen molar-refractivity contribution in [3.63, 3.8) is 0 Å². The van der Waals surface area contributed by atoms with Crippen molar-refractivity contribution in [1.82, 2.24) is 4.98 Å². The standard InChI is InChI=1S/C11H12ClN3O2/c1-17-6-4-8-11(16)13-7-2-3-9(12)14-10(7)15(8)5-6/h2-3,6,8H,4-5H2,1H3,(H,13,16). The van der Waals surface area contributed by atoms with Gasteiger partial charge in [0.1, 0.15) is 11.2 Å². The van der Waals surface area contributed by atoms with Crippen LogP contribution in [0.3, 0.4) is 0 Å². The van der Waals surface area contributed by atoms with E-state index in [1.54, 1.807) is 19.2 Å². The lowest BCUT2D eigenvalue weighted by atomic mass is 10.1. The van der Waals surface area contributed by atoms with Gasteiger partial charge in [0.05, 0.1) is 11.8 Å². The predicted molar refractivity (Wildman–Crippen MR) is 64.4 cm³/mol. The molecule has 5 nitrogen and oxygen atoms in total. The first kappa shape index (κ1) is 10.8. The zero-order valence-corrected chi connectivity index (χ0v) is 10.1. The molecule has 0 bridgehead atoms. The van der Waals surface area contributed by atoms with Crippen molar-refractivity contribution in [3.05, 3.63) is 17.3 Å². The number of rotatable bonds is 1. The van der Waals surface area contributed by atoms with Gasteiger partial charge in [-0.3, -0.25) is 4.79 Å². The maximum absolute atomic E-state index is 11.9. The van der Waals surface area contributed by atoms with E-state index in [0.717, 1.165) is 5.82 Å². The number of amides is 1. The summed E-state index contributed by atoms with van der Waals surface area (Å²) in [4.78, 5) is 18.2. The molecular weight excluding hydrogens is 242 g/mol. The zero-order valence-electron chi connectivity index (χ0n) is 9.31. The maximum atomic E-state index is 11.9. The molecule has 2 aliphatic heterocycles. The molecular formula is C11H12ClN3O2. The van der Waals surface area contributed by atoms with Gasteiger partial charge in [0.2, 0.25) is 5.91 Å². The summed E-state index contributed by atoms with van der Waals surface area (Å²) in [6.45, 7) is 0.676. The molecule has 1 amide bonds. The Morgan fingerprint density at radius 3 is 3.18 bits per heavy atom. The molecule has 3 rings (SSSR count). The SMILES string of the molecule is COC1CC2C(=O)Nc3ccc(Cl)nc3N2C1. The molecule has 1 fully saturated rings. The molecule has 1 aromatic heterocycles. The van der Waals surface area contributed by atoms with Crippen molar-refractivity contribution < 1.29 is 9.53 Å². The minimum absolute atomic E-state index is 0.00109. The number of hydrogen-bond acceptors (Lipinski definition) is 4. The largest absolute Gasteiger partial charge is 0.380 e. The van der Waals surface area contributed by atoms with Crippen molar-refractivity contribution in [2.24, 2.45) is 0 Å². The van der Waals surface area contributed by atoms with Crippen LogP contribution < -0.4 is 10.2 Å². The Bertz CT molecular complexity index is 480. The number of aromatic nitrogens is 1. The van der Waals surface area contributed by atoms with Crippen LogP contribution >= 0.6 is 11.6 Å². The van der Waals surface area contributed by atoms with Gasteiger partial charge in [-0.1, -0.05) is 11.6 Å². The fraction of sp³-hybridized carbons (Fsp3) is 0.455.